The molecule has 1 aliphatic heterocycles. The fraction of sp³-hybridized carbons (Fsp3) is 0.571. The summed E-state index contributed by atoms with van der Waals surface area (Å²) in [4.78, 5) is 10.8. The van der Waals surface area contributed by atoms with E-state index in [1.165, 1.54) is 13.2 Å². The second-order valence-corrected chi connectivity index (χ2v) is 2.20. The Balaban J connectivity index is 2.56. The molecule has 0 amide bonds. The summed E-state index contributed by atoms with van der Waals surface area (Å²) in [7, 11) is 1.56. The van der Waals surface area contributed by atoms with Crippen molar-refractivity contribution in [2.45, 2.75) is 19.1 Å². The molecule has 0 aromatic heterocycles. The first kappa shape index (κ1) is 7.28. The number of ketones is 1. The van der Waals surface area contributed by atoms with E-state index in [0.29, 0.717) is 0 Å². The summed E-state index contributed by atoms with van der Waals surface area (Å²) >= 11 is 0. The van der Waals surface area contributed by atoms with Gasteiger partial charge in [-0.05, 0) is 13.0 Å². The van der Waals surface area contributed by atoms with Crippen molar-refractivity contribution in [2.75, 3.05) is 7.11 Å². The monoisotopic (exact) mass is 142 g/mol. The van der Waals surface area contributed by atoms with Crippen molar-refractivity contribution >= 4 is 5.78 Å². The normalized spacial score (nSPS) is 30.2. The van der Waals surface area contributed by atoms with Crippen LogP contribution in [0.3, 0.4) is 0 Å². The number of carbonyl (C=O) groups excluding carboxylic acids is 1. The zero-order valence-corrected chi connectivity index (χ0v) is 6.03. The molecule has 2 atom stereocenters. The van der Waals surface area contributed by atoms with Crippen molar-refractivity contribution in [1.29, 1.82) is 0 Å². The highest BCUT2D eigenvalue weighted by molar-refractivity contribution is 5.81. The van der Waals surface area contributed by atoms with Gasteiger partial charge < -0.3 is 9.47 Å². The number of rotatable bonds is 2. The van der Waals surface area contributed by atoms with E-state index < -0.39 is 6.10 Å². The molecule has 0 aliphatic carbocycles. The quantitative estimate of drug-likeness (QED) is 0.563. The topological polar surface area (TPSA) is 35.5 Å². The maximum absolute atomic E-state index is 10.8. The molecule has 1 aliphatic rings. The van der Waals surface area contributed by atoms with Crippen LogP contribution in [0.2, 0.25) is 0 Å². The Morgan fingerprint density at radius 2 is 2.40 bits per heavy atom. The van der Waals surface area contributed by atoms with Gasteiger partial charge in [-0.1, -0.05) is 0 Å². The fourth-order valence-electron chi connectivity index (χ4n) is 0.915. The van der Waals surface area contributed by atoms with E-state index in [0.717, 1.165) is 0 Å². The number of ether oxygens (including phenoxy) is 2. The summed E-state index contributed by atoms with van der Waals surface area (Å²) in [5, 5.41) is 0. The van der Waals surface area contributed by atoms with Gasteiger partial charge in [0, 0.05) is 7.11 Å². The largest absolute Gasteiger partial charge is 0.487 e. The van der Waals surface area contributed by atoms with E-state index in [4.69, 9.17) is 9.47 Å². The molecule has 0 aromatic rings. The zero-order valence-electron chi connectivity index (χ0n) is 6.03. The van der Waals surface area contributed by atoms with Crippen LogP contribution in [-0.4, -0.2) is 25.1 Å². The van der Waals surface area contributed by atoms with Gasteiger partial charge in [0.1, 0.15) is 6.10 Å². The van der Waals surface area contributed by atoms with Gasteiger partial charge in [-0.3, -0.25) is 4.79 Å². The lowest BCUT2D eigenvalue weighted by Gasteiger charge is -2.13. The first-order valence-corrected chi connectivity index (χ1v) is 3.11. The van der Waals surface area contributed by atoms with Crippen LogP contribution in [0, 0.1) is 0 Å². The highest BCUT2D eigenvalue weighted by atomic mass is 16.5. The Kier molecular flexibility index (Phi) is 2.06. The summed E-state index contributed by atoms with van der Waals surface area (Å²) in [5.74, 6) is -0.00292. The van der Waals surface area contributed by atoms with E-state index in [1.807, 2.05) is 0 Å². The lowest BCUT2D eigenvalue weighted by molar-refractivity contribution is -0.128. The Hall–Kier alpha value is -0.830. The summed E-state index contributed by atoms with van der Waals surface area (Å²) in [6, 6.07) is 0. The van der Waals surface area contributed by atoms with Crippen molar-refractivity contribution in [3.8, 4) is 0 Å². The van der Waals surface area contributed by atoms with E-state index in [-0.39, 0.29) is 11.9 Å². The Morgan fingerprint density at radius 3 is 2.80 bits per heavy atom. The molecule has 0 bridgehead atoms. The predicted octanol–water partition coefficient (Wildman–Crippen LogP) is 0.503. The van der Waals surface area contributed by atoms with Crippen LogP contribution in [0.5, 0.6) is 0 Å². The van der Waals surface area contributed by atoms with Crippen molar-refractivity contribution < 1.29 is 14.3 Å². The van der Waals surface area contributed by atoms with Crippen LogP contribution in [0.15, 0.2) is 12.3 Å². The molecular weight excluding hydrogens is 132 g/mol. The molecule has 0 N–H and O–H groups in total. The van der Waals surface area contributed by atoms with Crippen LogP contribution in [0.4, 0.5) is 0 Å². The summed E-state index contributed by atoms with van der Waals surface area (Å²) in [5.41, 5.74) is 0. The molecule has 0 aromatic carbocycles. The van der Waals surface area contributed by atoms with Gasteiger partial charge in [-0.15, -0.1) is 0 Å². The smallest absolute Gasteiger partial charge is 0.185 e. The molecular formula is C7H10O3. The van der Waals surface area contributed by atoms with Crippen LogP contribution >= 0.6 is 0 Å². The van der Waals surface area contributed by atoms with Crippen molar-refractivity contribution in [1.82, 2.24) is 0 Å². The van der Waals surface area contributed by atoms with Crippen molar-refractivity contribution in [3.63, 3.8) is 0 Å². The zero-order chi connectivity index (χ0) is 7.56. The SMILES string of the molecule is COC1C=COC1C(C)=O. The third-order valence-electron chi connectivity index (χ3n) is 1.46. The minimum absolute atomic E-state index is 0.00292. The van der Waals surface area contributed by atoms with Crippen molar-refractivity contribution in [3.05, 3.63) is 12.3 Å². The molecule has 3 nitrogen and oxygen atoms in total. The third-order valence-corrected chi connectivity index (χ3v) is 1.46. The molecule has 1 rings (SSSR count). The molecule has 1 heterocycles. The Labute approximate surface area is 59.6 Å². The first-order valence-electron chi connectivity index (χ1n) is 3.11. The van der Waals surface area contributed by atoms with Crippen LogP contribution < -0.4 is 0 Å². The molecule has 3 heteroatoms. The standard InChI is InChI=1S/C7H10O3/c1-5(8)7-6(9-2)3-4-10-7/h3-4,6-7H,1-2H3. The third kappa shape index (κ3) is 1.19. The van der Waals surface area contributed by atoms with Gasteiger partial charge in [0.2, 0.25) is 0 Å². The average Bonchev–Trinajstić information content (AvgIpc) is 2.33. The maximum atomic E-state index is 10.8. The van der Waals surface area contributed by atoms with Crippen LogP contribution in [-0.2, 0) is 14.3 Å². The maximum Gasteiger partial charge on any atom is 0.185 e. The molecule has 0 saturated heterocycles. The summed E-state index contributed by atoms with van der Waals surface area (Å²) in [6.07, 6.45) is 2.61. The summed E-state index contributed by atoms with van der Waals surface area (Å²) in [6.45, 7) is 1.49. The highest BCUT2D eigenvalue weighted by Gasteiger charge is 2.27. The molecule has 0 saturated carbocycles. The number of methoxy groups -OCH3 is 1. The molecule has 2 unspecified atom stereocenters. The molecule has 0 spiro atoms. The predicted molar refractivity (Wildman–Crippen MR) is 35.5 cm³/mol. The van der Waals surface area contributed by atoms with E-state index in [2.05, 4.69) is 0 Å². The average molecular weight is 142 g/mol. The van der Waals surface area contributed by atoms with E-state index in [9.17, 15) is 4.79 Å². The molecule has 56 valence electrons. The minimum Gasteiger partial charge on any atom is -0.487 e. The minimum atomic E-state index is -0.426. The first-order chi connectivity index (χ1) is 4.75. The fourth-order valence-corrected chi connectivity index (χ4v) is 0.915. The summed E-state index contributed by atoms with van der Waals surface area (Å²) < 4.78 is 9.92. The second kappa shape index (κ2) is 2.84. The highest BCUT2D eigenvalue weighted by Crippen LogP contribution is 2.13. The number of hydrogen-bond donors (Lipinski definition) is 0. The van der Waals surface area contributed by atoms with E-state index >= 15 is 0 Å². The Bertz CT molecular complexity index is 162. The second-order valence-electron chi connectivity index (χ2n) is 2.20. The molecule has 10 heavy (non-hydrogen) atoms. The van der Waals surface area contributed by atoms with Crippen LogP contribution in [0.25, 0.3) is 0 Å². The van der Waals surface area contributed by atoms with E-state index in [1.54, 1.807) is 13.2 Å². The van der Waals surface area contributed by atoms with Crippen molar-refractivity contribution in [2.24, 2.45) is 0 Å². The number of hydrogen-bond acceptors (Lipinski definition) is 3. The van der Waals surface area contributed by atoms with Gasteiger partial charge in [-0.25, -0.2) is 0 Å². The van der Waals surface area contributed by atoms with Gasteiger partial charge in [0.15, 0.2) is 11.9 Å². The molecule has 0 fully saturated rings. The Morgan fingerprint density at radius 1 is 1.70 bits per heavy atom. The lowest BCUT2D eigenvalue weighted by Crippen LogP contribution is -2.30. The van der Waals surface area contributed by atoms with Gasteiger partial charge in [0.25, 0.3) is 0 Å². The van der Waals surface area contributed by atoms with Crippen LogP contribution in [0.1, 0.15) is 6.92 Å². The molecule has 0 radical (unpaired) electrons. The lowest BCUT2D eigenvalue weighted by atomic mass is 10.1. The van der Waals surface area contributed by atoms with Gasteiger partial charge in [0.05, 0.1) is 6.26 Å². The van der Waals surface area contributed by atoms with Gasteiger partial charge >= 0.3 is 0 Å². The van der Waals surface area contributed by atoms with Gasteiger partial charge in [-0.2, -0.15) is 0 Å². The number of Topliss-reactive ketones (excluding diaryl/α,β-unsaturated/α-hetero) is 1. The number of carbonyl (C=O) groups is 1.